The number of nitrogens with two attached hydrogens (primary N) is 1. The minimum atomic E-state index is -0.949. The molecule has 3 aromatic rings. The summed E-state index contributed by atoms with van der Waals surface area (Å²) in [6, 6.07) is 6.60. The Hall–Kier alpha value is -3.20. The molecule has 31 heavy (non-hydrogen) atoms. The molecule has 0 saturated heterocycles. The van der Waals surface area contributed by atoms with Crippen molar-refractivity contribution in [1.82, 2.24) is 14.5 Å². The molecule has 1 atom stereocenters. The number of benzene rings is 2. The van der Waals surface area contributed by atoms with Crippen LogP contribution in [0.15, 0.2) is 42.6 Å². The van der Waals surface area contributed by atoms with Crippen LogP contribution < -0.4 is 5.73 Å². The van der Waals surface area contributed by atoms with Gasteiger partial charge in [0.1, 0.15) is 5.82 Å². The average Bonchev–Trinajstić information content (AvgIpc) is 3.16. The van der Waals surface area contributed by atoms with Gasteiger partial charge in [-0.1, -0.05) is 6.07 Å². The fourth-order valence-corrected chi connectivity index (χ4v) is 3.65. The first-order valence-corrected chi connectivity index (χ1v) is 9.79. The summed E-state index contributed by atoms with van der Waals surface area (Å²) in [6.07, 6.45) is 2.04. The summed E-state index contributed by atoms with van der Waals surface area (Å²) in [6.45, 7) is 1.23. The quantitative estimate of drug-likeness (QED) is 0.629. The molecule has 9 heteroatoms. The Kier molecular flexibility index (Phi) is 5.77. The molecule has 0 bridgehead atoms. The number of rotatable bonds is 5. The highest BCUT2D eigenvalue weighted by Gasteiger charge is 2.24. The maximum absolute atomic E-state index is 13.5. The van der Waals surface area contributed by atoms with E-state index in [0.717, 1.165) is 24.3 Å². The summed E-state index contributed by atoms with van der Waals surface area (Å²) < 4.78 is 55.0. The van der Waals surface area contributed by atoms with E-state index in [9.17, 15) is 22.4 Å². The molecular formula is C22H20F4N4O. The molecule has 2 heterocycles. The Labute approximate surface area is 176 Å². The van der Waals surface area contributed by atoms with Crippen LogP contribution in [0.25, 0.3) is 11.3 Å². The van der Waals surface area contributed by atoms with E-state index in [1.165, 1.54) is 12.1 Å². The smallest absolute Gasteiger partial charge is 0.224 e. The van der Waals surface area contributed by atoms with Gasteiger partial charge in [-0.3, -0.25) is 4.79 Å². The summed E-state index contributed by atoms with van der Waals surface area (Å²) in [5.74, 6) is -3.29. The first-order chi connectivity index (χ1) is 14.8. The van der Waals surface area contributed by atoms with E-state index in [4.69, 9.17) is 5.73 Å². The Morgan fingerprint density at radius 1 is 1.00 bits per heavy atom. The van der Waals surface area contributed by atoms with E-state index in [-0.39, 0.29) is 25.3 Å². The fourth-order valence-electron chi connectivity index (χ4n) is 3.65. The first-order valence-electron chi connectivity index (χ1n) is 9.79. The maximum atomic E-state index is 13.5. The van der Waals surface area contributed by atoms with Crippen LogP contribution in [0.5, 0.6) is 0 Å². The van der Waals surface area contributed by atoms with Crippen molar-refractivity contribution in [1.29, 1.82) is 0 Å². The van der Waals surface area contributed by atoms with E-state index in [1.807, 2.05) is 4.57 Å². The standard InChI is InChI=1S/C22H20F4N4O/c23-16-3-1-13(8-18(16)25)7-15(27)10-22(31)30-6-5-29-11-20(28-21(29)12-30)14-2-4-17(24)19(26)9-14/h1-4,8-9,11,15H,5-7,10,12,27H2. The Morgan fingerprint density at radius 3 is 2.42 bits per heavy atom. The molecule has 1 unspecified atom stereocenters. The third kappa shape index (κ3) is 4.61. The number of halogens is 4. The second kappa shape index (κ2) is 8.50. The van der Waals surface area contributed by atoms with Gasteiger partial charge in [0.05, 0.1) is 12.2 Å². The largest absolute Gasteiger partial charge is 0.333 e. The second-order valence-electron chi connectivity index (χ2n) is 7.60. The van der Waals surface area contributed by atoms with Crippen LogP contribution in [0.3, 0.4) is 0 Å². The van der Waals surface area contributed by atoms with E-state index in [0.29, 0.717) is 35.7 Å². The number of carbonyl (C=O) groups excluding carboxylic acids is 1. The molecule has 0 aliphatic carbocycles. The summed E-state index contributed by atoms with van der Waals surface area (Å²) in [7, 11) is 0. The molecule has 1 aromatic heterocycles. The van der Waals surface area contributed by atoms with Crippen molar-refractivity contribution < 1.29 is 22.4 Å². The number of fused-ring (bicyclic) bond motifs is 1. The number of amides is 1. The van der Waals surface area contributed by atoms with Crippen LogP contribution in [-0.2, 0) is 24.3 Å². The summed E-state index contributed by atoms with van der Waals surface area (Å²) in [5.41, 5.74) is 7.52. The molecule has 1 aliphatic rings. The van der Waals surface area contributed by atoms with E-state index in [2.05, 4.69) is 4.98 Å². The Morgan fingerprint density at radius 2 is 1.71 bits per heavy atom. The normalized spacial score (nSPS) is 14.4. The highest BCUT2D eigenvalue weighted by Crippen LogP contribution is 2.24. The van der Waals surface area contributed by atoms with Gasteiger partial charge in [0.15, 0.2) is 23.3 Å². The van der Waals surface area contributed by atoms with E-state index < -0.39 is 29.3 Å². The molecule has 0 fully saturated rings. The molecular weight excluding hydrogens is 412 g/mol. The SMILES string of the molecule is NC(CC(=O)N1CCn2cc(-c3ccc(F)c(F)c3)nc2C1)Cc1ccc(F)c(F)c1. The summed E-state index contributed by atoms with van der Waals surface area (Å²) in [4.78, 5) is 18.8. The molecule has 0 saturated carbocycles. The molecule has 0 spiro atoms. The highest BCUT2D eigenvalue weighted by molar-refractivity contribution is 5.77. The van der Waals surface area contributed by atoms with Crippen molar-refractivity contribution in [2.24, 2.45) is 5.73 Å². The van der Waals surface area contributed by atoms with Crippen LogP contribution in [0.2, 0.25) is 0 Å². The van der Waals surface area contributed by atoms with Gasteiger partial charge in [0.2, 0.25) is 5.91 Å². The minimum absolute atomic E-state index is 0.0513. The monoisotopic (exact) mass is 432 g/mol. The number of aromatic nitrogens is 2. The zero-order chi connectivity index (χ0) is 22.1. The van der Waals surface area contributed by atoms with Gasteiger partial charge >= 0.3 is 0 Å². The lowest BCUT2D eigenvalue weighted by atomic mass is 10.0. The van der Waals surface area contributed by atoms with Gasteiger partial charge < -0.3 is 15.2 Å². The van der Waals surface area contributed by atoms with Crippen LogP contribution in [0.4, 0.5) is 17.6 Å². The Balaban J connectivity index is 1.39. The number of hydrogen-bond donors (Lipinski definition) is 1. The van der Waals surface area contributed by atoms with Gasteiger partial charge in [-0.2, -0.15) is 0 Å². The van der Waals surface area contributed by atoms with Crippen molar-refractivity contribution in [3.8, 4) is 11.3 Å². The van der Waals surface area contributed by atoms with Crippen LogP contribution in [-0.4, -0.2) is 32.9 Å². The van der Waals surface area contributed by atoms with Crippen molar-refractivity contribution in [3.05, 3.63) is 77.3 Å². The molecule has 0 radical (unpaired) electrons. The summed E-state index contributed by atoms with van der Waals surface area (Å²) in [5, 5.41) is 0. The predicted molar refractivity (Wildman–Crippen MR) is 106 cm³/mol. The van der Waals surface area contributed by atoms with E-state index in [1.54, 1.807) is 11.1 Å². The molecule has 162 valence electrons. The van der Waals surface area contributed by atoms with Crippen LogP contribution >= 0.6 is 0 Å². The number of carbonyl (C=O) groups is 1. The number of hydrogen-bond acceptors (Lipinski definition) is 3. The lowest BCUT2D eigenvalue weighted by Gasteiger charge is -2.28. The predicted octanol–water partition coefficient (Wildman–Crippen LogP) is 3.41. The number of imidazole rings is 1. The number of nitrogens with zero attached hydrogens (tertiary/aromatic N) is 3. The van der Waals surface area contributed by atoms with Gasteiger partial charge in [-0.15, -0.1) is 0 Å². The topological polar surface area (TPSA) is 64.2 Å². The van der Waals surface area contributed by atoms with Gasteiger partial charge in [0, 0.05) is 37.3 Å². The van der Waals surface area contributed by atoms with Crippen LogP contribution in [0.1, 0.15) is 17.8 Å². The van der Waals surface area contributed by atoms with Crippen LogP contribution in [0, 0.1) is 23.3 Å². The third-order valence-corrected chi connectivity index (χ3v) is 5.29. The second-order valence-corrected chi connectivity index (χ2v) is 7.60. The molecule has 2 N–H and O–H groups in total. The average molecular weight is 432 g/mol. The van der Waals surface area contributed by atoms with Crippen molar-refractivity contribution in [3.63, 3.8) is 0 Å². The Bertz CT molecular complexity index is 1130. The minimum Gasteiger partial charge on any atom is -0.333 e. The fraction of sp³-hybridized carbons (Fsp3) is 0.273. The zero-order valence-corrected chi connectivity index (χ0v) is 16.5. The third-order valence-electron chi connectivity index (χ3n) is 5.29. The highest BCUT2D eigenvalue weighted by atomic mass is 19.2. The lowest BCUT2D eigenvalue weighted by molar-refractivity contribution is -0.133. The molecule has 4 rings (SSSR count). The molecule has 5 nitrogen and oxygen atoms in total. The molecule has 1 aliphatic heterocycles. The summed E-state index contributed by atoms with van der Waals surface area (Å²) >= 11 is 0. The first kappa shape index (κ1) is 21.0. The lowest BCUT2D eigenvalue weighted by Crippen LogP contribution is -2.41. The maximum Gasteiger partial charge on any atom is 0.224 e. The van der Waals surface area contributed by atoms with Crippen molar-refractivity contribution in [2.75, 3.05) is 6.54 Å². The molecule has 2 aromatic carbocycles. The zero-order valence-electron chi connectivity index (χ0n) is 16.5. The van der Waals surface area contributed by atoms with E-state index >= 15 is 0 Å². The van der Waals surface area contributed by atoms with Crippen molar-refractivity contribution in [2.45, 2.75) is 32.0 Å². The van der Waals surface area contributed by atoms with Gasteiger partial charge in [0.25, 0.3) is 0 Å². The molecule has 1 amide bonds. The van der Waals surface area contributed by atoms with Gasteiger partial charge in [-0.05, 0) is 42.3 Å². The van der Waals surface area contributed by atoms with Gasteiger partial charge in [-0.25, -0.2) is 22.5 Å². The van der Waals surface area contributed by atoms with Crippen molar-refractivity contribution >= 4 is 5.91 Å².